The van der Waals surface area contributed by atoms with Crippen LogP contribution in [0, 0.1) is 0 Å². The summed E-state index contributed by atoms with van der Waals surface area (Å²) in [5, 5.41) is 8.12. The van der Waals surface area contributed by atoms with Gasteiger partial charge < -0.3 is 4.74 Å². The molecule has 0 N–H and O–H groups in total. The standard InChI is InChI=1S/C18H20N2O/c1-3-4-15-5-7-16(8-6-15)13-19-20-14-17-9-11-18(21-2)12-10-17/h5-14H,3-4H2,1-2H3/b19-13+,20-14+. The molecule has 0 atom stereocenters. The Morgan fingerprint density at radius 2 is 1.38 bits per heavy atom. The zero-order valence-corrected chi connectivity index (χ0v) is 12.5. The lowest BCUT2D eigenvalue weighted by atomic mass is 10.1. The zero-order valence-electron chi connectivity index (χ0n) is 12.5. The summed E-state index contributed by atoms with van der Waals surface area (Å²) in [6, 6.07) is 16.1. The van der Waals surface area contributed by atoms with Crippen LogP contribution in [-0.4, -0.2) is 19.5 Å². The van der Waals surface area contributed by atoms with E-state index in [0.29, 0.717) is 0 Å². The van der Waals surface area contributed by atoms with E-state index in [1.165, 1.54) is 12.0 Å². The number of methoxy groups -OCH3 is 1. The first-order chi connectivity index (χ1) is 10.3. The van der Waals surface area contributed by atoms with Crippen molar-refractivity contribution in [3.63, 3.8) is 0 Å². The van der Waals surface area contributed by atoms with Crippen LogP contribution in [0.15, 0.2) is 58.7 Å². The highest BCUT2D eigenvalue weighted by Crippen LogP contribution is 2.09. The quantitative estimate of drug-likeness (QED) is 0.579. The van der Waals surface area contributed by atoms with Crippen LogP contribution in [0.4, 0.5) is 0 Å². The van der Waals surface area contributed by atoms with Gasteiger partial charge in [0.05, 0.1) is 19.5 Å². The Bertz CT molecular complexity index is 598. The van der Waals surface area contributed by atoms with E-state index in [0.717, 1.165) is 23.3 Å². The molecular weight excluding hydrogens is 260 g/mol. The molecule has 0 bridgehead atoms. The molecule has 2 rings (SSSR count). The SMILES string of the molecule is CCCc1ccc(/C=N/N=C/c2ccc(OC)cc2)cc1. The first-order valence-corrected chi connectivity index (χ1v) is 7.11. The Kier molecular flexibility index (Phi) is 5.71. The van der Waals surface area contributed by atoms with Crippen molar-refractivity contribution >= 4 is 12.4 Å². The third-order valence-corrected chi connectivity index (χ3v) is 3.11. The van der Waals surface area contributed by atoms with Gasteiger partial charge in [-0.25, -0.2) is 0 Å². The Labute approximate surface area is 126 Å². The summed E-state index contributed by atoms with van der Waals surface area (Å²) in [6.07, 6.45) is 5.77. The van der Waals surface area contributed by atoms with E-state index in [2.05, 4.69) is 41.4 Å². The molecule has 2 aromatic carbocycles. The molecule has 2 aromatic rings. The summed E-state index contributed by atoms with van der Waals surface area (Å²) >= 11 is 0. The second-order valence-corrected chi connectivity index (χ2v) is 4.75. The lowest BCUT2D eigenvalue weighted by Gasteiger charge is -1.98. The van der Waals surface area contributed by atoms with E-state index in [4.69, 9.17) is 4.74 Å². The van der Waals surface area contributed by atoms with Gasteiger partial charge in [-0.3, -0.25) is 0 Å². The molecule has 0 heterocycles. The van der Waals surface area contributed by atoms with Crippen molar-refractivity contribution in [3.8, 4) is 5.75 Å². The van der Waals surface area contributed by atoms with Crippen molar-refractivity contribution < 1.29 is 4.74 Å². The van der Waals surface area contributed by atoms with Crippen LogP contribution >= 0.6 is 0 Å². The highest BCUT2D eigenvalue weighted by Gasteiger charge is 1.92. The number of rotatable bonds is 6. The van der Waals surface area contributed by atoms with Gasteiger partial charge >= 0.3 is 0 Å². The van der Waals surface area contributed by atoms with Gasteiger partial charge in [0.1, 0.15) is 5.75 Å². The Hall–Kier alpha value is -2.42. The Balaban J connectivity index is 1.92. The number of hydrogen-bond donors (Lipinski definition) is 0. The number of aryl methyl sites for hydroxylation is 1. The van der Waals surface area contributed by atoms with Gasteiger partial charge in [0.2, 0.25) is 0 Å². The van der Waals surface area contributed by atoms with E-state index in [-0.39, 0.29) is 0 Å². The highest BCUT2D eigenvalue weighted by molar-refractivity contribution is 5.82. The summed E-state index contributed by atoms with van der Waals surface area (Å²) < 4.78 is 5.11. The molecule has 0 unspecified atom stereocenters. The summed E-state index contributed by atoms with van der Waals surface area (Å²) in [5.41, 5.74) is 3.41. The van der Waals surface area contributed by atoms with Gasteiger partial charge in [0.15, 0.2) is 0 Å². The monoisotopic (exact) mass is 280 g/mol. The molecule has 3 heteroatoms. The van der Waals surface area contributed by atoms with Gasteiger partial charge in [0.25, 0.3) is 0 Å². The van der Waals surface area contributed by atoms with Crippen LogP contribution in [0.5, 0.6) is 5.75 Å². The zero-order chi connectivity index (χ0) is 14.9. The minimum atomic E-state index is 0.836. The minimum absolute atomic E-state index is 0.836. The number of ether oxygens (including phenoxy) is 1. The maximum atomic E-state index is 5.11. The molecule has 21 heavy (non-hydrogen) atoms. The topological polar surface area (TPSA) is 34.0 Å². The molecule has 0 fully saturated rings. The maximum absolute atomic E-state index is 5.11. The normalized spacial score (nSPS) is 11.3. The summed E-state index contributed by atoms with van der Waals surface area (Å²) in [4.78, 5) is 0. The average molecular weight is 280 g/mol. The molecule has 0 aliphatic heterocycles. The number of benzene rings is 2. The van der Waals surface area contributed by atoms with Gasteiger partial charge in [-0.15, -0.1) is 0 Å². The number of nitrogens with zero attached hydrogens (tertiary/aromatic N) is 2. The smallest absolute Gasteiger partial charge is 0.118 e. The molecule has 0 aromatic heterocycles. The molecule has 0 saturated carbocycles. The minimum Gasteiger partial charge on any atom is -0.497 e. The summed E-state index contributed by atoms with van der Waals surface area (Å²) in [7, 11) is 1.65. The number of hydrogen-bond acceptors (Lipinski definition) is 3. The lowest BCUT2D eigenvalue weighted by Crippen LogP contribution is -1.86. The van der Waals surface area contributed by atoms with E-state index < -0.39 is 0 Å². The third-order valence-electron chi connectivity index (χ3n) is 3.11. The summed E-state index contributed by atoms with van der Waals surface area (Å²) in [6.45, 7) is 2.18. The molecule has 0 radical (unpaired) electrons. The molecule has 0 amide bonds. The van der Waals surface area contributed by atoms with Crippen LogP contribution in [0.25, 0.3) is 0 Å². The van der Waals surface area contributed by atoms with E-state index in [1.807, 2.05) is 24.3 Å². The highest BCUT2D eigenvalue weighted by atomic mass is 16.5. The molecule has 108 valence electrons. The molecular formula is C18H20N2O. The van der Waals surface area contributed by atoms with Crippen molar-refractivity contribution in [2.45, 2.75) is 19.8 Å². The first-order valence-electron chi connectivity index (χ1n) is 7.11. The van der Waals surface area contributed by atoms with Gasteiger partial charge in [-0.05, 0) is 47.4 Å². The average Bonchev–Trinajstić information content (AvgIpc) is 2.54. The van der Waals surface area contributed by atoms with Crippen LogP contribution in [0.2, 0.25) is 0 Å². The van der Waals surface area contributed by atoms with Crippen molar-refractivity contribution in [1.82, 2.24) is 0 Å². The molecule has 0 aliphatic carbocycles. The molecule has 0 aliphatic rings. The van der Waals surface area contributed by atoms with Crippen molar-refractivity contribution in [1.29, 1.82) is 0 Å². The predicted molar refractivity (Wildman–Crippen MR) is 88.6 cm³/mol. The van der Waals surface area contributed by atoms with Crippen molar-refractivity contribution in [2.24, 2.45) is 10.2 Å². The second-order valence-electron chi connectivity index (χ2n) is 4.75. The lowest BCUT2D eigenvalue weighted by molar-refractivity contribution is 0.415. The maximum Gasteiger partial charge on any atom is 0.118 e. The largest absolute Gasteiger partial charge is 0.497 e. The fourth-order valence-electron chi connectivity index (χ4n) is 1.95. The fraction of sp³-hybridized carbons (Fsp3) is 0.222. The Morgan fingerprint density at radius 1 is 0.857 bits per heavy atom. The van der Waals surface area contributed by atoms with Crippen LogP contribution < -0.4 is 4.74 Å². The van der Waals surface area contributed by atoms with Crippen molar-refractivity contribution in [3.05, 3.63) is 65.2 Å². The third kappa shape index (κ3) is 4.88. The fourth-order valence-corrected chi connectivity index (χ4v) is 1.95. The van der Waals surface area contributed by atoms with Crippen LogP contribution in [0.3, 0.4) is 0 Å². The Morgan fingerprint density at radius 3 is 1.86 bits per heavy atom. The van der Waals surface area contributed by atoms with E-state index in [9.17, 15) is 0 Å². The summed E-state index contributed by atoms with van der Waals surface area (Å²) in [5.74, 6) is 0.836. The van der Waals surface area contributed by atoms with E-state index in [1.54, 1.807) is 19.5 Å². The first kappa shape index (κ1) is 15.0. The van der Waals surface area contributed by atoms with E-state index >= 15 is 0 Å². The van der Waals surface area contributed by atoms with Gasteiger partial charge in [0, 0.05) is 0 Å². The van der Waals surface area contributed by atoms with Gasteiger partial charge in [-0.2, -0.15) is 10.2 Å². The van der Waals surface area contributed by atoms with Crippen LogP contribution in [0.1, 0.15) is 30.0 Å². The predicted octanol–water partition coefficient (Wildman–Crippen LogP) is 4.10. The molecule has 3 nitrogen and oxygen atoms in total. The van der Waals surface area contributed by atoms with Gasteiger partial charge in [-0.1, -0.05) is 37.6 Å². The molecule has 0 spiro atoms. The second kappa shape index (κ2) is 8.00. The molecule has 0 saturated heterocycles. The van der Waals surface area contributed by atoms with Crippen molar-refractivity contribution in [2.75, 3.05) is 7.11 Å². The van der Waals surface area contributed by atoms with Crippen LogP contribution in [-0.2, 0) is 6.42 Å².